The molecule has 1 saturated carbocycles. The van der Waals surface area contributed by atoms with Gasteiger partial charge in [0.2, 0.25) is 0 Å². The second-order valence-electron chi connectivity index (χ2n) is 6.04. The van der Waals surface area contributed by atoms with Gasteiger partial charge < -0.3 is 15.8 Å². The number of hydrogen-bond acceptors (Lipinski definition) is 5. The van der Waals surface area contributed by atoms with E-state index >= 15 is 0 Å². The molecule has 21 heavy (non-hydrogen) atoms. The van der Waals surface area contributed by atoms with Gasteiger partial charge >= 0.3 is 0 Å². The smallest absolute Gasteiger partial charge is 0.251 e. The number of amides is 1. The van der Waals surface area contributed by atoms with E-state index in [0.29, 0.717) is 10.7 Å². The van der Waals surface area contributed by atoms with Crippen LogP contribution in [0, 0.1) is 5.41 Å². The molecule has 1 aliphatic carbocycles. The van der Waals surface area contributed by atoms with Crippen molar-refractivity contribution in [2.24, 2.45) is 5.41 Å². The third-order valence-corrected chi connectivity index (χ3v) is 5.28. The Bertz CT molecular complexity index is 695. The summed E-state index contributed by atoms with van der Waals surface area (Å²) < 4.78 is 6.34. The number of carbonyl (C=O) groups excluding carboxylic acids is 1. The fraction of sp³-hybridized carbons (Fsp3) is 0.467. The molecule has 2 atom stereocenters. The van der Waals surface area contributed by atoms with Crippen LogP contribution in [0.1, 0.15) is 30.6 Å². The number of methoxy groups -OCH3 is 1. The molecule has 1 amide bonds. The van der Waals surface area contributed by atoms with E-state index in [9.17, 15) is 4.79 Å². The Balaban J connectivity index is 1.75. The van der Waals surface area contributed by atoms with Crippen LogP contribution in [0.15, 0.2) is 18.2 Å². The summed E-state index contributed by atoms with van der Waals surface area (Å²) in [5.41, 5.74) is 7.12. The van der Waals surface area contributed by atoms with Gasteiger partial charge in [-0.2, -0.15) is 0 Å². The zero-order chi connectivity index (χ0) is 15.2. The summed E-state index contributed by atoms with van der Waals surface area (Å²) in [6.07, 6.45) is 1.05. The van der Waals surface area contributed by atoms with E-state index in [1.165, 1.54) is 11.3 Å². The molecule has 0 radical (unpaired) electrons. The Morgan fingerprint density at radius 3 is 2.95 bits per heavy atom. The first-order valence-electron chi connectivity index (χ1n) is 6.91. The van der Waals surface area contributed by atoms with Gasteiger partial charge in [-0.3, -0.25) is 4.79 Å². The molecule has 112 valence electrons. The largest absolute Gasteiger partial charge is 0.381 e. The van der Waals surface area contributed by atoms with Crippen molar-refractivity contribution in [1.29, 1.82) is 0 Å². The molecule has 3 rings (SSSR count). The van der Waals surface area contributed by atoms with Gasteiger partial charge in [-0.05, 0) is 24.6 Å². The molecule has 0 saturated heterocycles. The van der Waals surface area contributed by atoms with Gasteiger partial charge in [0.05, 0.1) is 16.3 Å². The van der Waals surface area contributed by atoms with Crippen molar-refractivity contribution in [3.63, 3.8) is 0 Å². The number of aromatic nitrogens is 1. The van der Waals surface area contributed by atoms with Crippen molar-refractivity contribution < 1.29 is 9.53 Å². The van der Waals surface area contributed by atoms with Gasteiger partial charge in [0, 0.05) is 24.1 Å². The van der Waals surface area contributed by atoms with E-state index < -0.39 is 0 Å². The van der Waals surface area contributed by atoms with Crippen LogP contribution >= 0.6 is 11.3 Å². The van der Waals surface area contributed by atoms with E-state index in [1.807, 2.05) is 12.1 Å². The van der Waals surface area contributed by atoms with Gasteiger partial charge in [-0.15, -0.1) is 0 Å². The molecule has 1 aliphatic rings. The Morgan fingerprint density at radius 1 is 1.52 bits per heavy atom. The summed E-state index contributed by atoms with van der Waals surface area (Å²) in [7, 11) is 1.71. The highest BCUT2D eigenvalue weighted by Crippen LogP contribution is 2.42. The van der Waals surface area contributed by atoms with Gasteiger partial charge in [-0.1, -0.05) is 25.2 Å². The maximum atomic E-state index is 12.4. The molecule has 3 N–H and O–H groups in total. The number of nitrogens with one attached hydrogen (secondary N) is 1. The number of anilines is 1. The lowest BCUT2D eigenvalue weighted by atomic mass is 9.64. The lowest BCUT2D eigenvalue weighted by Crippen LogP contribution is -2.61. The second kappa shape index (κ2) is 4.96. The molecular formula is C15H19N3O2S. The van der Waals surface area contributed by atoms with E-state index in [4.69, 9.17) is 10.5 Å². The molecule has 1 fully saturated rings. The molecule has 1 aromatic carbocycles. The summed E-state index contributed by atoms with van der Waals surface area (Å²) in [6, 6.07) is 5.60. The quantitative estimate of drug-likeness (QED) is 0.913. The van der Waals surface area contributed by atoms with Crippen LogP contribution in [-0.4, -0.2) is 30.1 Å². The van der Waals surface area contributed by atoms with Crippen LogP contribution in [-0.2, 0) is 4.74 Å². The zero-order valence-corrected chi connectivity index (χ0v) is 13.2. The van der Waals surface area contributed by atoms with E-state index in [1.54, 1.807) is 13.2 Å². The fourth-order valence-corrected chi connectivity index (χ4v) is 3.63. The van der Waals surface area contributed by atoms with Gasteiger partial charge in [0.1, 0.15) is 0 Å². The highest BCUT2D eigenvalue weighted by Gasteiger charge is 2.49. The number of nitrogen functional groups attached to an aromatic ring is 1. The van der Waals surface area contributed by atoms with E-state index in [2.05, 4.69) is 24.1 Å². The first-order chi connectivity index (χ1) is 9.91. The Morgan fingerprint density at radius 2 is 2.29 bits per heavy atom. The van der Waals surface area contributed by atoms with Gasteiger partial charge in [0.15, 0.2) is 5.13 Å². The van der Waals surface area contributed by atoms with Crippen molar-refractivity contribution in [1.82, 2.24) is 10.3 Å². The highest BCUT2D eigenvalue weighted by atomic mass is 32.1. The topological polar surface area (TPSA) is 77.2 Å². The standard InChI is InChI=1S/C15H19N3O2S/c1-15(2)11(7-12(15)20-3)18-13(19)8-4-5-9-10(6-8)21-14(16)17-9/h4-6,11-12H,7H2,1-3H3,(H2,16,17)(H,18,19). The third kappa shape index (κ3) is 2.38. The number of hydrogen-bond donors (Lipinski definition) is 2. The SMILES string of the molecule is COC1CC(NC(=O)c2ccc3nc(N)sc3c2)C1(C)C. The molecule has 5 nitrogen and oxygen atoms in total. The number of thiazole rings is 1. The molecule has 0 spiro atoms. The minimum absolute atomic E-state index is 0.0383. The Hall–Kier alpha value is -1.66. The average molecular weight is 305 g/mol. The summed E-state index contributed by atoms with van der Waals surface area (Å²) in [6.45, 7) is 4.23. The predicted octanol–water partition coefficient (Wildman–Crippen LogP) is 2.42. The molecule has 2 unspecified atom stereocenters. The Labute approximate surface area is 127 Å². The number of fused-ring (bicyclic) bond motifs is 1. The summed E-state index contributed by atoms with van der Waals surface area (Å²) >= 11 is 1.39. The number of rotatable bonds is 3. The zero-order valence-electron chi connectivity index (χ0n) is 12.3. The second-order valence-corrected chi connectivity index (χ2v) is 7.10. The van der Waals surface area contributed by atoms with Crippen molar-refractivity contribution in [3.05, 3.63) is 23.8 Å². The van der Waals surface area contributed by atoms with Crippen molar-refractivity contribution in [2.75, 3.05) is 12.8 Å². The maximum absolute atomic E-state index is 12.4. The number of carbonyl (C=O) groups is 1. The molecule has 0 aliphatic heterocycles. The van der Waals surface area contributed by atoms with E-state index in [0.717, 1.165) is 16.6 Å². The minimum atomic E-state index is -0.0588. The highest BCUT2D eigenvalue weighted by molar-refractivity contribution is 7.22. The van der Waals surface area contributed by atoms with Crippen molar-refractivity contribution >= 4 is 32.6 Å². The molecule has 0 bridgehead atoms. The molecular weight excluding hydrogens is 286 g/mol. The van der Waals surface area contributed by atoms with Gasteiger partial charge in [0.25, 0.3) is 5.91 Å². The van der Waals surface area contributed by atoms with E-state index in [-0.39, 0.29) is 23.5 Å². The molecule has 1 heterocycles. The minimum Gasteiger partial charge on any atom is -0.381 e. The Kier molecular flexibility index (Phi) is 3.37. The summed E-state index contributed by atoms with van der Waals surface area (Å²) in [5.74, 6) is -0.0588. The number of benzene rings is 1. The van der Waals surface area contributed by atoms with Crippen LogP contribution in [0.25, 0.3) is 10.2 Å². The summed E-state index contributed by atoms with van der Waals surface area (Å²) in [4.78, 5) is 16.6. The number of nitrogens with zero attached hydrogens (tertiary/aromatic N) is 1. The first kappa shape index (κ1) is 14.3. The normalized spacial score (nSPS) is 23.8. The van der Waals surface area contributed by atoms with Crippen molar-refractivity contribution in [3.8, 4) is 0 Å². The van der Waals surface area contributed by atoms with Crippen molar-refractivity contribution in [2.45, 2.75) is 32.4 Å². The number of nitrogens with two attached hydrogens (primary N) is 1. The lowest BCUT2D eigenvalue weighted by molar-refractivity contribution is -0.0942. The summed E-state index contributed by atoms with van der Waals surface area (Å²) in [5, 5.41) is 3.61. The van der Waals surface area contributed by atoms with Crippen LogP contribution in [0.2, 0.25) is 0 Å². The lowest BCUT2D eigenvalue weighted by Gasteiger charge is -2.51. The van der Waals surface area contributed by atoms with Crippen LogP contribution in [0.3, 0.4) is 0 Å². The first-order valence-corrected chi connectivity index (χ1v) is 7.73. The predicted molar refractivity (Wildman–Crippen MR) is 84.5 cm³/mol. The van der Waals surface area contributed by atoms with Crippen LogP contribution in [0.4, 0.5) is 5.13 Å². The number of ether oxygens (including phenoxy) is 1. The molecule has 6 heteroatoms. The third-order valence-electron chi connectivity index (χ3n) is 4.43. The fourth-order valence-electron chi connectivity index (χ4n) is 2.86. The molecule has 2 aromatic rings. The van der Waals surface area contributed by atoms with Crippen LogP contribution < -0.4 is 11.1 Å². The average Bonchev–Trinajstić information content (AvgIpc) is 2.81. The monoisotopic (exact) mass is 305 g/mol. The van der Waals surface area contributed by atoms with Gasteiger partial charge in [-0.25, -0.2) is 4.98 Å². The van der Waals surface area contributed by atoms with Crippen LogP contribution in [0.5, 0.6) is 0 Å². The molecule has 1 aromatic heterocycles. The maximum Gasteiger partial charge on any atom is 0.251 e.